The Morgan fingerprint density at radius 2 is 2.26 bits per heavy atom. The minimum Gasteiger partial charge on any atom is -0.382 e. The van der Waals surface area contributed by atoms with E-state index in [1.54, 1.807) is 12.3 Å². The fraction of sp³-hybridized carbons (Fsp3) is 0.250. The summed E-state index contributed by atoms with van der Waals surface area (Å²) in [6.45, 7) is 1.53. The molecular weight excluding hydrogens is 312 g/mol. The summed E-state index contributed by atoms with van der Waals surface area (Å²) in [7, 11) is 0. The minimum absolute atomic E-state index is 0.125. The van der Waals surface area contributed by atoms with Crippen molar-refractivity contribution >= 4 is 22.9 Å². The summed E-state index contributed by atoms with van der Waals surface area (Å²) >= 11 is 1.34. The zero-order valence-corrected chi connectivity index (χ0v) is 13.1. The average molecular weight is 328 g/mol. The first-order chi connectivity index (χ1) is 11.1. The monoisotopic (exact) mass is 328 g/mol. The van der Waals surface area contributed by atoms with Gasteiger partial charge in [0.2, 0.25) is 0 Å². The van der Waals surface area contributed by atoms with Crippen molar-refractivity contribution in [2.45, 2.75) is 12.1 Å². The number of β-amino-alcohol motifs (C(OH)–C–C–N with tert-alkyl or cyclic N) is 1. The standard InChI is InChI=1S/C16H16N4O2S/c21-15(12-1-2-13(23-12)16(22)9-17-10-16)19-8-11-3-5-20-6-4-18-14(20)7-11/h1-7,17,22H,8-10H2,(H,19,21). The molecule has 1 aliphatic heterocycles. The molecule has 3 N–H and O–H groups in total. The number of fused-ring (bicyclic) bond motifs is 1. The molecule has 0 spiro atoms. The van der Waals surface area contributed by atoms with Gasteiger partial charge in [-0.2, -0.15) is 0 Å². The molecule has 0 saturated carbocycles. The lowest BCUT2D eigenvalue weighted by atomic mass is 9.95. The van der Waals surface area contributed by atoms with Crippen LogP contribution in [0.2, 0.25) is 0 Å². The van der Waals surface area contributed by atoms with Crippen molar-refractivity contribution < 1.29 is 9.90 Å². The van der Waals surface area contributed by atoms with E-state index in [-0.39, 0.29) is 5.91 Å². The molecule has 118 valence electrons. The summed E-state index contributed by atoms with van der Waals surface area (Å²) in [6, 6.07) is 7.50. The molecule has 7 heteroatoms. The highest BCUT2D eigenvalue weighted by molar-refractivity contribution is 7.14. The van der Waals surface area contributed by atoms with Crippen LogP contribution in [0.1, 0.15) is 20.1 Å². The second-order valence-corrected chi connectivity index (χ2v) is 6.79. The van der Waals surface area contributed by atoms with Gasteiger partial charge in [0, 0.05) is 43.1 Å². The normalized spacial score (nSPS) is 16.2. The van der Waals surface area contributed by atoms with Crippen LogP contribution in [0.15, 0.2) is 42.9 Å². The first-order valence-electron chi connectivity index (χ1n) is 7.37. The van der Waals surface area contributed by atoms with E-state index in [2.05, 4.69) is 15.6 Å². The number of nitrogens with one attached hydrogen (secondary N) is 2. The SMILES string of the molecule is O=C(NCc1ccn2ccnc2c1)c1ccc(C2(O)CNC2)s1. The lowest BCUT2D eigenvalue weighted by molar-refractivity contribution is -0.0112. The largest absolute Gasteiger partial charge is 0.382 e. The number of nitrogens with zero attached hydrogens (tertiary/aromatic N) is 2. The van der Waals surface area contributed by atoms with Gasteiger partial charge in [-0.25, -0.2) is 4.98 Å². The highest BCUT2D eigenvalue weighted by Crippen LogP contribution is 2.31. The fourth-order valence-corrected chi connectivity index (χ4v) is 3.59. The van der Waals surface area contributed by atoms with Gasteiger partial charge in [-0.05, 0) is 29.8 Å². The zero-order chi connectivity index (χ0) is 15.9. The molecule has 4 rings (SSSR count). The number of aliphatic hydroxyl groups is 1. The number of pyridine rings is 1. The first-order valence-corrected chi connectivity index (χ1v) is 8.19. The van der Waals surface area contributed by atoms with Gasteiger partial charge in [0.1, 0.15) is 11.2 Å². The van der Waals surface area contributed by atoms with Crippen molar-refractivity contribution in [2.24, 2.45) is 0 Å². The predicted octanol–water partition coefficient (Wildman–Crippen LogP) is 1.12. The van der Waals surface area contributed by atoms with Gasteiger partial charge in [0.05, 0.1) is 4.88 Å². The van der Waals surface area contributed by atoms with Crippen LogP contribution in [0.25, 0.3) is 5.65 Å². The Labute approximate surface area is 136 Å². The second kappa shape index (κ2) is 5.45. The van der Waals surface area contributed by atoms with Crippen LogP contribution in [0.4, 0.5) is 0 Å². The van der Waals surface area contributed by atoms with Crippen LogP contribution in [0.3, 0.4) is 0 Å². The van der Waals surface area contributed by atoms with E-state index < -0.39 is 5.60 Å². The molecule has 1 fully saturated rings. The van der Waals surface area contributed by atoms with Gasteiger partial charge in [-0.3, -0.25) is 4.79 Å². The Bertz CT molecular complexity index is 866. The van der Waals surface area contributed by atoms with Gasteiger partial charge in [-0.15, -0.1) is 11.3 Å². The smallest absolute Gasteiger partial charge is 0.261 e. The Hall–Kier alpha value is -2.22. The molecule has 4 heterocycles. The quantitative estimate of drug-likeness (QED) is 0.670. The van der Waals surface area contributed by atoms with Crippen molar-refractivity contribution in [3.05, 3.63) is 58.2 Å². The number of thiophene rings is 1. The summed E-state index contributed by atoms with van der Waals surface area (Å²) in [5, 5.41) is 16.2. The van der Waals surface area contributed by atoms with E-state index in [9.17, 15) is 9.90 Å². The number of hydrogen-bond acceptors (Lipinski definition) is 5. The Balaban J connectivity index is 1.43. The van der Waals surface area contributed by atoms with Gasteiger partial charge >= 0.3 is 0 Å². The van der Waals surface area contributed by atoms with Crippen LogP contribution in [-0.2, 0) is 12.1 Å². The Morgan fingerprint density at radius 1 is 1.39 bits per heavy atom. The van der Waals surface area contributed by atoms with Crippen LogP contribution in [0, 0.1) is 0 Å². The molecule has 3 aromatic rings. The summed E-state index contributed by atoms with van der Waals surface area (Å²) in [5.74, 6) is -0.125. The molecule has 0 radical (unpaired) electrons. The van der Waals surface area contributed by atoms with E-state index in [4.69, 9.17) is 0 Å². The molecule has 1 aliphatic rings. The minimum atomic E-state index is -0.811. The number of imidazole rings is 1. The zero-order valence-electron chi connectivity index (χ0n) is 12.3. The molecule has 0 aliphatic carbocycles. The second-order valence-electron chi connectivity index (χ2n) is 5.71. The van der Waals surface area contributed by atoms with Crippen LogP contribution in [-0.4, -0.2) is 33.5 Å². The fourth-order valence-electron chi connectivity index (χ4n) is 2.58. The predicted molar refractivity (Wildman–Crippen MR) is 87.4 cm³/mol. The molecule has 0 unspecified atom stereocenters. The highest BCUT2D eigenvalue weighted by Gasteiger charge is 2.37. The van der Waals surface area contributed by atoms with Crippen molar-refractivity contribution in [3.8, 4) is 0 Å². The summed E-state index contributed by atoms with van der Waals surface area (Å²) in [4.78, 5) is 17.9. The summed E-state index contributed by atoms with van der Waals surface area (Å²) < 4.78 is 1.92. The highest BCUT2D eigenvalue weighted by atomic mass is 32.1. The third-order valence-electron chi connectivity index (χ3n) is 4.04. The average Bonchev–Trinajstić information content (AvgIpc) is 3.18. The maximum atomic E-state index is 12.3. The van der Waals surface area contributed by atoms with Gasteiger partial charge in [0.15, 0.2) is 0 Å². The molecule has 0 bridgehead atoms. The van der Waals surface area contributed by atoms with Crippen molar-refractivity contribution in [1.82, 2.24) is 20.0 Å². The van der Waals surface area contributed by atoms with Gasteiger partial charge < -0.3 is 20.1 Å². The van der Waals surface area contributed by atoms with Crippen LogP contribution >= 0.6 is 11.3 Å². The maximum absolute atomic E-state index is 12.3. The molecule has 0 aromatic carbocycles. The van der Waals surface area contributed by atoms with Gasteiger partial charge in [-0.1, -0.05) is 0 Å². The molecule has 6 nitrogen and oxygen atoms in total. The third kappa shape index (κ3) is 2.63. The van der Waals surface area contributed by atoms with Gasteiger partial charge in [0.25, 0.3) is 5.91 Å². The van der Waals surface area contributed by atoms with Crippen LogP contribution in [0.5, 0.6) is 0 Å². The Morgan fingerprint density at radius 3 is 3.04 bits per heavy atom. The lowest BCUT2D eigenvalue weighted by Gasteiger charge is -2.36. The summed E-state index contributed by atoms with van der Waals surface area (Å²) in [6.07, 6.45) is 5.54. The maximum Gasteiger partial charge on any atom is 0.261 e. The number of carbonyl (C=O) groups excluding carboxylic acids is 1. The molecular formula is C16H16N4O2S. The van der Waals surface area contributed by atoms with E-state index in [1.165, 1.54) is 11.3 Å². The van der Waals surface area contributed by atoms with E-state index in [0.29, 0.717) is 24.5 Å². The molecule has 3 aromatic heterocycles. The number of carbonyl (C=O) groups is 1. The van der Waals surface area contributed by atoms with E-state index in [1.807, 2.05) is 35.0 Å². The van der Waals surface area contributed by atoms with Crippen molar-refractivity contribution in [1.29, 1.82) is 0 Å². The number of amides is 1. The van der Waals surface area contributed by atoms with E-state index >= 15 is 0 Å². The van der Waals surface area contributed by atoms with Crippen molar-refractivity contribution in [3.63, 3.8) is 0 Å². The first kappa shape index (κ1) is 14.4. The number of hydrogen-bond donors (Lipinski definition) is 3. The summed E-state index contributed by atoms with van der Waals surface area (Å²) in [5.41, 5.74) is 1.04. The van der Waals surface area contributed by atoms with Crippen LogP contribution < -0.4 is 10.6 Å². The molecule has 23 heavy (non-hydrogen) atoms. The van der Waals surface area contributed by atoms with Crippen molar-refractivity contribution in [2.75, 3.05) is 13.1 Å². The van der Waals surface area contributed by atoms with E-state index in [0.717, 1.165) is 16.1 Å². The Kier molecular flexibility index (Phi) is 3.41. The molecule has 1 amide bonds. The molecule has 0 atom stereocenters. The lowest BCUT2D eigenvalue weighted by Crippen LogP contribution is -2.56. The topological polar surface area (TPSA) is 78.7 Å². The number of rotatable bonds is 4. The third-order valence-corrected chi connectivity index (χ3v) is 5.32. The number of aromatic nitrogens is 2. The molecule has 1 saturated heterocycles.